The summed E-state index contributed by atoms with van der Waals surface area (Å²) in [6, 6.07) is 0. The first kappa shape index (κ1) is 8.93. The van der Waals surface area contributed by atoms with Crippen LogP contribution in [0.25, 0.3) is 0 Å². The molecule has 1 N–H and O–H groups in total. The molecular formula is C9H9NO4. The van der Waals surface area contributed by atoms with Crippen molar-refractivity contribution < 1.29 is 19.5 Å². The molecule has 1 aliphatic heterocycles. The van der Waals surface area contributed by atoms with Crippen LogP contribution in [0.5, 0.6) is 0 Å². The summed E-state index contributed by atoms with van der Waals surface area (Å²) < 4.78 is 0. The molecule has 5 nitrogen and oxygen atoms in total. The second-order valence-electron chi connectivity index (χ2n) is 3.54. The fourth-order valence-corrected chi connectivity index (χ4v) is 1.87. The predicted molar refractivity (Wildman–Crippen MR) is 45.2 cm³/mol. The van der Waals surface area contributed by atoms with Gasteiger partial charge < -0.3 is 5.11 Å². The highest BCUT2D eigenvalue weighted by molar-refractivity contribution is 6.15. The Labute approximate surface area is 80.0 Å². The van der Waals surface area contributed by atoms with E-state index < -0.39 is 23.3 Å². The predicted octanol–water partition coefficient (Wildman–Crippen LogP) is -0.0813. The van der Waals surface area contributed by atoms with Crippen LogP contribution in [0, 0.1) is 0 Å². The van der Waals surface area contributed by atoms with Crippen molar-refractivity contribution >= 4 is 17.8 Å². The van der Waals surface area contributed by atoms with E-state index >= 15 is 0 Å². The highest BCUT2D eigenvalue weighted by atomic mass is 16.4. The zero-order valence-corrected chi connectivity index (χ0v) is 7.40. The SMILES string of the molecule is O=C1C=CC(=O)N1C1(C(=O)O)CCC1. The van der Waals surface area contributed by atoms with Crippen molar-refractivity contribution in [3.05, 3.63) is 12.2 Å². The van der Waals surface area contributed by atoms with Gasteiger partial charge in [0, 0.05) is 12.2 Å². The maximum Gasteiger partial charge on any atom is 0.330 e. The summed E-state index contributed by atoms with van der Waals surface area (Å²) in [4.78, 5) is 34.4. The summed E-state index contributed by atoms with van der Waals surface area (Å²) in [5.41, 5.74) is -1.27. The van der Waals surface area contributed by atoms with E-state index in [1.807, 2.05) is 0 Å². The number of carbonyl (C=O) groups excluding carboxylic acids is 2. The van der Waals surface area contributed by atoms with E-state index in [1.54, 1.807) is 0 Å². The van der Waals surface area contributed by atoms with Gasteiger partial charge in [-0.25, -0.2) is 4.79 Å². The summed E-state index contributed by atoms with van der Waals surface area (Å²) in [6.45, 7) is 0. The molecule has 14 heavy (non-hydrogen) atoms. The van der Waals surface area contributed by atoms with Crippen LogP contribution >= 0.6 is 0 Å². The van der Waals surface area contributed by atoms with Gasteiger partial charge in [-0.3, -0.25) is 14.5 Å². The highest BCUT2D eigenvalue weighted by Crippen LogP contribution is 2.39. The second-order valence-corrected chi connectivity index (χ2v) is 3.54. The largest absolute Gasteiger partial charge is 0.479 e. The van der Waals surface area contributed by atoms with E-state index in [2.05, 4.69) is 0 Å². The van der Waals surface area contributed by atoms with Gasteiger partial charge in [0.25, 0.3) is 11.8 Å². The summed E-state index contributed by atoms with van der Waals surface area (Å²) in [5.74, 6) is -2.12. The number of hydrogen-bond donors (Lipinski definition) is 1. The van der Waals surface area contributed by atoms with E-state index in [9.17, 15) is 14.4 Å². The Bertz CT molecular complexity index is 336. The quantitative estimate of drug-likeness (QED) is 0.625. The Hall–Kier alpha value is -1.65. The van der Waals surface area contributed by atoms with Crippen molar-refractivity contribution in [3.63, 3.8) is 0 Å². The van der Waals surface area contributed by atoms with E-state index in [0.29, 0.717) is 12.8 Å². The van der Waals surface area contributed by atoms with Gasteiger partial charge in [0.15, 0.2) is 0 Å². The molecule has 2 aliphatic rings. The number of carboxylic acid groups (broad SMARTS) is 1. The van der Waals surface area contributed by atoms with Crippen LogP contribution in [0.4, 0.5) is 0 Å². The van der Waals surface area contributed by atoms with Gasteiger partial charge in [0.05, 0.1) is 0 Å². The Morgan fingerprint density at radius 1 is 1.29 bits per heavy atom. The molecular weight excluding hydrogens is 186 g/mol. The second kappa shape index (κ2) is 2.67. The monoisotopic (exact) mass is 195 g/mol. The van der Waals surface area contributed by atoms with Crippen LogP contribution in [0.3, 0.4) is 0 Å². The number of carbonyl (C=O) groups is 3. The third-order valence-electron chi connectivity index (χ3n) is 2.82. The van der Waals surface area contributed by atoms with Crippen molar-refractivity contribution in [3.8, 4) is 0 Å². The lowest BCUT2D eigenvalue weighted by Gasteiger charge is -2.43. The van der Waals surface area contributed by atoms with Crippen LogP contribution in [0.2, 0.25) is 0 Å². The summed E-state index contributed by atoms with van der Waals surface area (Å²) in [6.07, 6.45) is 3.70. The maximum atomic E-state index is 11.3. The zero-order valence-electron chi connectivity index (χ0n) is 7.40. The van der Waals surface area contributed by atoms with Crippen molar-refractivity contribution in [1.82, 2.24) is 4.90 Å². The number of aliphatic carboxylic acids is 1. The van der Waals surface area contributed by atoms with Gasteiger partial charge in [-0.2, -0.15) is 0 Å². The van der Waals surface area contributed by atoms with Gasteiger partial charge in [-0.05, 0) is 19.3 Å². The Kier molecular flexibility index (Phi) is 1.70. The van der Waals surface area contributed by atoms with E-state index in [-0.39, 0.29) is 0 Å². The van der Waals surface area contributed by atoms with Gasteiger partial charge >= 0.3 is 5.97 Å². The maximum absolute atomic E-state index is 11.3. The van der Waals surface area contributed by atoms with E-state index in [4.69, 9.17) is 5.11 Å². The molecule has 1 saturated carbocycles. The van der Waals surface area contributed by atoms with Crippen molar-refractivity contribution in [2.24, 2.45) is 0 Å². The number of hydrogen-bond acceptors (Lipinski definition) is 3. The minimum Gasteiger partial charge on any atom is -0.479 e. The summed E-state index contributed by atoms with van der Waals surface area (Å²) in [5, 5.41) is 9.01. The molecule has 5 heteroatoms. The Morgan fingerprint density at radius 2 is 1.79 bits per heavy atom. The van der Waals surface area contributed by atoms with Crippen LogP contribution < -0.4 is 0 Å². The fourth-order valence-electron chi connectivity index (χ4n) is 1.87. The molecule has 0 aromatic heterocycles. The number of nitrogens with zero attached hydrogens (tertiary/aromatic N) is 1. The van der Waals surface area contributed by atoms with Gasteiger partial charge in [0.2, 0.25) is 0 Å². The zero-order chi connectivity index (χ0) is 10.3. The number of amides is 2. The first-order valence-electron chi connectivity index (χ1n) is 4.37. The molecule has 0 radical (unpaired) electrons. The lowest BCUT2D eigenvalue weighted by atomic mass is 9.75. The molecule has 0 saturated heterocycles. The summed E-state index contributed by atoms with van der Waals surface area (Å²) >= 11 is 0. The topological polar surface area (TPSA) is 74.7 Å². The van der Waals surface area contributed by atoms with Crippen LogP contribution in [0.15, 0.2) is 12.2 Å². The van der Waals surface area contributed by atoms with Gasteiger partial charge in [-0.15, -0.1) is 0 Å². The third-order valence-corrected chi connectivity index (χ3v) is 2.82. The van der Waals surface area contributed by atoms with Crippen molar-refractivity contribution in [1.29, 1.82) is 0 Å². The molecule has 1 fully saturated rings. The molecule has 0 bridgehead atoms. The van der Waals surface area contributed by atoms with Crippen LogP contribution in [0.1, 0.15) is 19.3 Å². The average Bonchev–Trinajstić information content (AvgIpc) is 2.33. The number of imide groups is 1. The number of carboxylic acids is 1. The summed E-state index contributed by atoms with van der Waals surface area (Å²) in [7, 11) is 0. The first-order chi connectivity index (χ1) is 6.58. The normalized spacial score (nSPS) is 23.9. The van der Waals surface area contributed by atoms with Crippen molar-refractivity contribution in [2.45, 2.75) is 24.8 Å². The van der Waals surface area contributed by atoms with Crippen LogP contribution in [-0.2, 0) is 14.4 Å². The number of rotatable bonds is 2. The molecule has 74 valence electrons. The van der Waals surface area contributed by atoms with Crippen LogP contribution in [-0.4, -0.2) is 33.3 Å². The molecule has 0 unspecified atom stereocenters. The first-order valence-corrected chi connectivity index (χ1v) is 4.37. The minimum atomic E-state index is -1.27. The highest BCUT2D eigenvalue weighted by Gasteiger charge is 2.54. The Balaban J connectivity index is 2.33. The molecule has 0 aromatic carbocycles. The fraction of sp³-hybridized carbons (Fsp3) is 0.444. The molecule has 2 rings (SSSR count). The van der Waals surface area contributed by atoms with Gasteiger partial charge in [-0.1, -0.05) is 0 Å². The molecule has 0 atom stereocenters. The third kappa shape index (κ3) is 0.921. The molecule has 1 heterocycles. The van der Waals surface area contributed by atoms with E-state index in [1.165, 1.54) is 0 Å². The molecule has 1 aliphatic carbocycles. The standard InChI is InChI=1S/C9H9NO4/c11-6-2-3-7(12)10(6)9(8(13)14)4-1-5-9/h2-3H,1,4-5H2,(H,13,14). The molecule has 2 amide bonds. The molecule has 0 spiro atoms. The molecule has 0 aromatic rings. The average molecular weight is 195 g/mol. The lowest BCUT2D eigenvalue weighted by Crippen LogP contribution is -2.61. The van der Waals surface area contributed by atoms with Crippen molar-refractivity contribution in [2.75, 3.05) is 0 Å². The van der Waals surface area contributed by atoms with E-state index in [0.717, 1.165) is 23.5 Å². The minimum absolute atomic E-state index is 0.363. The smallest absolute Gasteiger partial charge is 0.330 e. The lowest BCUT2D eigenvalue weighted by molar-refractivity contribution is -0.168. The Morgan fingerprint density at radius 3 is 2.07 bits per heavy atom. The van der Waals surface area contributed by atoms with Gasteiger partial charge in [0.1, 0.15) is 5.54 Å².